The lowest BCUT2D eigenvalue weighted by atomic mass is 10.4. The van der Waals surface area contributed by atoms with Crippen LogP contribution in [0.3, 0.4) is 0 Å². The van der Waals surface area contributed by atoms with Crippen molar-refractivity contribution in [1.82, 2.24) is 0 Å². The number of rotatable bonds is 8. The van der Waals surface area contributed by atoms with Gasteiger partial charge in [0.1, 0.15) is 0 Å². The van der Waals surface area contributed by atoms with Gasteiger partial charge in [0.15, 0.2) is 0 Å². The van der Waals surface area contributed by atoms with Crippen molar-refractivity contribution < 1.29 is 10.2 Å². The van der Waals surface area contributed by atoms with E-state index in [2.05, 4.69) is 6.92 Å². The van der Waals surface area contributed by atoms with E-state index in [0.29, 0.717) is 5.25 Å². The number of aliphatic hydroxyl groups excluding tert-OH is 2. The van der Waals surface area contributed by atoms with Crippen LogP contribution in [0.4, 0.5) is 0 Å². The molecule has 74 valence electrons. The quantitative estimate of drug-likeness (QED) is 0.591. The summed E-state index contributed by atoms with van der Waals surface area (Å²) >= 11 is 3.60. The van der Waals surface area contributed by atoms with Crippen LogP contribution in [0.5, 0.6) is 0 Å². The molecular weight excluding hydrogens is 192 g/mol. The van der Waals surface area contributed by atoms with E-state index in [1.807, 2.05) is 11.8 Å². The van der Waals surface area contributed by atoms with Crippen LogP contribution in [0.2, 0.25) is 0 Å². The van der Waals surface area contributed by atoms with Crippen LogP contribution < -0.4 is 0 Å². The average molecular weight is 210 g/mol. The summed E-state index contributed by atoms with van der Waals surface area (Å²) in [6, 6.07) is 0. The van der Waals surface area contributed by atoms with Gasteiger partial charge in [-0.15, -0.1) is 0 Å². The summed E-state index contributed by atoms with van der Waals surface area (Å²) in [6.07, 6.45) is 1.16. The van der Waals surface area contributed by atoms with E-state index in [1.54, 1.807) is 11.8 Å². The van der Waals surface area contributed by atoms with Crippen LogP contribution in [-0.4, -0.2) is 45.9 Å². The van der Waals surface area contributed by atoms with Crippen molar-refractivity contribution in [3.05, 3.63) is 0 Å². The average Bonchev–Trinajstić information content (AvgIpc) is 2.09. The zero-order valence-corrected chi connectivity index (χ0v) is 9.16. The topological polar surface area (TPSA) is 40.5 Å². The van der Waals surface area contributed by atoms with E-state index in [9.17, 15) is 0 Å². The second-order valence-electron chi connectivity index (χ2n) is 2.53. The van der Waals surface area contributed by atoms with E-state index in [-0.39, 0.29) is 13.2 Å². The minimum Gasteiger partial charge on any atom is -0.396 e. The summed E-state index contributed by atoms with van der Waals surface area (Å²) in [7, 11) is 0. The van der Waals surface area contributed by atoms with Crippen LogP contribution in [-0.2, 0) is 0 Å². The van der Waals surface area contributed by atoms with Gasteiger partial charge < -0.3 is 10.2 Å². The maximum Gasteiger partial charge on any atom is 0.0521 e. The number of thioether (sulfide) groups is 2. The molecule has 0 radical (unpaired) electrons. The highest BCUT2D eigenvalue weighted by atomic mass is 32.2. The van der Waals surface area contributed by atoms with Crippen molar-refractivity contribution in [3.63, 3.8) is 0 Å². The summed E-state index contributed by atoms with van der Waals surface area (Å²) in [5.41, 5.74) is 0. The Morgan fingerprint density at radius 2 is 1.75 bits per heavy atom. The van der Waals surface area contributed by atoms with Crippen LogP contribution in [0.25, 0.3) is 0 Å². The molecule has 0 aromatic rings. The van der Waals surface area contributed by atoms with E-state index in [0.717, 1.165) is 23.7 Å². The summed E-state index contributed by atoms with van der Waals surface area (Å²) in [5.74, 6) is 2.80. The van der Waals surface area contributed by atoms with E-state index >= 15 is 0 Å². The Kier molecular flexibility index (Phi) is 10.2. The van der Waals surface area contributed by atoms with Crippen molar-refractivity contribution >= 4 is 23.5 Å². The summed E-state index contributed by atoms with van der Waals surface area (Å²) in [4.78, 5) is 0. The van der Waals surface area contributed by atoms with Gasteiger partial charge >= 0.3 is 0 Å². The summed E-state index contributed by atoms with van der Waals surface area (Å²) in [5, 5.41) is 17.7. The first-order valence-corrected chi connectivity index (χ1v) is 6.42. The second-order valence-corrected chi connectivity index (χ2v) is 5.30. The second kappa shape index (κ2) is 9.71. The third kappa shape index (κ3) is 8.71. The van der Waals surface area contributed by atoms with Gasteiger partial charge in [-0.25, -0.2) is 0 Å². The van der Waals surface area contributed by atoms with Gasteiger partial charge in [-0.05, 0) is 12.2 Å². The predicted octanol–water partition coefficient (Wildman–Crippen LogP) is 1.22. The Bertz CT molecular complexity index is 91.1. The molecule has 0 amide bonds. The summed E-state index contributed by atoms with van der Waals surface area (Å²) < 4.78 is 0. The highest BCUT2D eigenvalue weighted by Crippen LogP contribution is 2.15. The molecule has 2 N–H and O–H groups in total. The standard InChI is InChI=1S/C8H18O2S2/c1-8(12-7-4-10)2-5-11-6-3-9/h8-10H,2-7H2,1H3/t8-/m1/s1. The zero-order valence-electron chi connectivity index (χ0n) is 7.53. The van der Waals surface area contributed by atoms with Gasteiger partial charge in [-0.1, -0.05) is 6.92 Å². The monoisotopic (exact) mass is 210 g/mol. The largest absolute Gasteiger partial charge is 0.396 e. The first kappa shape index (κ1) is 12.6. The minimum atomic E-state index is 0.277. The van der Waals surface area contributed by atoms with Gasteiger partial charge in [-0.2, -0.15) is 23.5 Å². The third-order valence-electron chi connectivity index (χ3n) is 1.40. The molecule has 0 unspecified atom stereocenters. The predicted molar refractivity (Wildman–Crippen MR) is 58.0 cm³/mol. The van der Waals surface area contributed by atoms with Crippen molar-refractivity contribution in [3.8, 4) is 0 Å². The fraction of sp³-hybridized carbons (Fsp3) is 1.00. The highest BCUT2D eigenvalue weighted by Gasteiger charge is 2.00. The Morgan fingerprint density at radius 3 is 2.33 bits per heavy atom. The lowest BCUT2D eigenvalue weighted by molar-refractivity contribution is 0.322. The van der Waals surface area contributed by atoms with Crippen molar-refractivity contribution in [2.75, 3.05) is 30.5 Å². The van der Waals surface area contributed by atoms with Crippen LogP contribution in [0.1, 0.15) is 13.3 Å². The first-order chi connectivity index (χ1) is 5.81. The maximum absolute atomic E-state index is 8.57. The molecule has 1 atom stereocenters. The lowest BCUT2D eigenvalue weighted by Crippen LogP contribution is -2.02. The smallest absolute Gasteiger partial charge is 0.0521 e. The minimum absolute atomic E-state index is 0.277. The van der Waals surface area contributed by atoms with Crippen LogP contribution in [0, 0.1) is 0 Å². The van der Waals surface area contributed by atoms with Crippen LogP contribution >= 0.6 is 23.5 Å². The number of hydrogen-bond acceptors (Lipinski definition) is 4. The molecule has 0 spiro atoms. The van der Waals surface area contributed by atoms with E-state index in [4.69, 9.17) is 10.2 Å². The third-order valence-corrected chi connectivity index (χ3v) is 3.62. The van der Waals surface area contributed by atoms with Gasteiger partial charge in [-0.3, -0.25) is 0 Å². The van der Waals surface area contributed by atoms with E-state index in [1.165, 1.54) is 0 Å². The Labute approximate surface area is 83.1 Å². The Morgan fingerprint density at radius 1 is 1.08 bits per heavy atom. The molecule has 0 rings (SSSR count). The number of aliphatic hydroxyl groups is 2. The molecule has 0 heterocycles. The summed E-state index contributed by atoms with van der Waals surface area (Å²) in [6.45, 7) is 2.74. The molecule has 0 aliphatic heterocycles. The normalized spacial score (nSPS) is 13.2. The van der Waals surface area contributed by atoms with Gasteiger partial charge in [0.05, 0.1) is 13.2 Å². The highest BCUT2D eigenvalue weighted by molar-refractivity contribution is 8.00. The van der Waals surface area contributed by atoms with Crippen molar-refractivity contribution in [2.45, 2.75) is 18.6 Å². The molecule has 12 heavy (non-hydrogen) atoms. The Hall–Kier alpha value is 0.620. The van der Waals surface area contributed by atoms with Crippen molar-refractivity contribution in [1.29, 1.82) is 0 Å². The molecule has 2 nitrogen and oxygen atoms in total. The molecule has 0 saturated heterocycles. The van der Waals surface area contributed by atoms with Gasteiger partial charge in [0.25, 0.3) is 0 Å². The van der Waals surface area contributed by atoms with Gasteiger partial charge in [0, 0.05) is 16.8 Å². The molecule has 0 saturated carbocycles. The maximum atomic E-state index is 8.57. The molecule has 0 aliphatic carbocycles. The molecule has 0 aliphatic rings. The molecule has 0 aromatic carbocycles. The van der Waals surface area contributed by atoms with Gasteiger partial charge in [0.2, 0.25) is 0 Å². The molecule has 0 fully saturated rings. The lowest BCUT2D eigenvalue weighted by Gasteiger charge is -2.08. The molecule has 0 bridgehead atoms. The first-order valence-electron chi connectivity index (χ1n) is 4.22. The van der Waals surface area contributed by atoms with Crippen molar-refractivity contribution in [2.24, 2.45) is 0 Å². The fourth-order valence-electron chi connectivity index (χ4n) is 0.753. The zero-order chi connectivity index (χ0) is 9.23. The molecular formula is C8H18O2S2. The SMILES string of the molecule is C[C@H](CCSCCO)SCCO. The van der Waals surface area contributed by atoms with Crippen LogP contribution in [0.15, 0.2) is 0 Å². The molecule has 4 heteroatoms. The number of hydrogen-bond donors (Lipinski definition) is 2. The molecule has 0 aromatic heterocycles. The van der Waals surface area contributed by atoms with E-state index < -0.39 is 0 Å². The Balaban J connectivity index is 3.02. The fourth-order valence-corrected chi connectivity index (χ4v) is 2.55.